The van der Waals surface area contributed by atoms with Crippen LogP contribution in [0.25, 0.3) is 5.52 Å². The molecule has 1 saturated carbocycles. The normalized spacial score (nSPS) is 14.0. The van der Waals surface area contributed by atoms with Crippen molar-refractivity contribution in [3.05, 3.63) is 41.9 Å². The molecule has 3 aromatic rings. The number of alkyl halides is 2. The van der Waals surface area contributed by atoms with Gasteiger partial charge in [0.15, 0.2) is 5.69 Å². The van der Waals surface area contributed by atoms with Crippen molar-refractivity contribution in [1.29, 1.82) is 0 Å². The quantitative estimate of drug-likeness (QED) is 0.702. The van der Waals surface area contributed by atoms with E-state index in [0.29, 0.717) is 5.52 Å². The lowest BCUT2D eigenvalue weighted by Gasteiger charge is -2.05. The highest BCUT2D eigenvalue weighted by Crippen LogP contribution is 2.25. The van der Waals surface area contributed by atoms with Crippen LogP contribution in [0.4, 0.5) is 20.3 Å². The molecule has 9 heteroatoms. The number of amides is 1. The molecule has 3 heterocycles. The summed E-state index contributed by atoms with van der Waals surface area (Å²) in [6.07, 6.45) is 7.53. The number of carbonyl (C=O) groups is 1. The Kier molecular flexibility index (Phi) is 6.23. The van der Waals surface area contributed by atoms with Crippen molar-refractivity contribution in [3.63, 3.8) is 0 Å². The summed E-state index contributed by atoms with van der Waals surface area (Å²) < 4.78 is 28.3. The fourth-order valence-electron chi connectivity index (χ4n) is 3.18. The number of carbonyl (C=O) groups excluding carboxylic acids is 1. The summed E-state index contributed by atoms with van der Waals surface area (Å²) in [5.74, 6) is -0.333. The predicted octanol–water partition coefficient (Wildman–Crippen LogP) is 4.18. The number of anilines is 2. The van der Waals surface area contributed by atoms with Crippen LogP contribution in [0.5, 0.6) is 0 Å². The van der Waals surface area contributed by atoms with E-state index < -0.39 is 18.0 Å². The molecule has 0 unspecified atom stereocenters. The Labute approximate surface area is 161 Å². The predicted molar refractivity (Wildman–Crippen MR) is 103 cm³/mol. The van der Waals surface area contributed by atoms with E-state index in [-0.39, 0.29) is 17.2 Å². The fraction of sp³-hybridized carbons (Fsp3) is 0.421. The van der Waals surface area contributed by atoms with E-state index in [4.69, 9.17) is 5.73 Å². The van der Waals surface area contributed by atoms with Crippen molar-refractivity contribution in [2.24, 2.45) is 7.05 Å². The van der Waals surface area contributed by atoms with Gasteiger partial charge in [0.05, 0.1) is 11.2 Å². The maximum atomic E-state index is 12.9. The molecule has 0 spiro atoms. The third-order valence-corrected chi connectivity index (χ3v) is 4.57. The molecule has 0 aliphatic heterocycles. The van der Waals surface area contributed by atoms with Gasteiger partial charge in [-0.05, 0) is 24.3 Å². The van der Waals surface area contributed by atoms with Gasteiger partial charge in [-0.2, -0.15) is 10.2 Å². The van der Waals surface area contributed by atoms with Crippen LogP contribution in [0.2, 0.25) is 0 Å². The van der Waals surface area contributed by atoms with E-state index in [9.17, 15) is 13.6 Å². The van der Waals surface area contributed by atoms with Crippen molar-refractivity contribution in [3.8, 4) is 0 Å². The second-order valence-electron chi connectivity index (χ2n) is 6.79. The van der Waals surface area contributed by atoms with Gasteiger partial charge in [0.1, 0.15) is 11.5 Å². The molecule has 0 saturated heterocycles. The highest BCUT2D eigenvalue weighted by molar-refractivity contribution is 6.04. The Morgan fingerprint density at radius 1 is 1.07 bits per heavy atom. The minimum atomic E-state index is -2.78. The van der Waals surface area contributed by atoms with Gasteiger partial charge >= 0.3 is 0 Å². The molecule has 1 fully saturated rings. The molecule has 150 valence electrons. The van der Waals surface area contributed by atoms with Crippen LogP contribution in [0.1, 0.15) is 61.1 Å². The van der Waals surface area contributed by atoms with Gasteiger partial charge in [-0.25, -0.2) is 13.3 Å². The lowest BCUT2D eigenvalue weighted by Crippen LogP contribution is -2.16. The molecule has 28 heavy (non-hydrogen) atoms. The van der Waals surface area contributed by atoms with E-state index in [1.807, 2.05) is 0 Å². The van der Waals surface area contributed by atoms with Crippen LogP contribution < -0.4 is 11.1 Å². The molecule has 0 bridgehead atoms. The fourth-order valence-corrected chi connectivity index (χ4v) is 3.18. The number of aromatic nitrogens is 4. The van der Waals surface area contributed by atoms with Crippen LogP contribution >= 0.6 is 0 Å². The maximum Gasteiger partial charge on any atom is 0.284 e. The molecular weight excluding hydrogens is 366 g/mol. The molecule has 3 aromatic heterocycles. The minimum absolute atomic E-state index is 0.0404. The summed E-state index contributed by atoms with van der Waals surface area (Å²) in [5.41, 5.74) is 5.93. The van der Waals surface area contributed by atoms with Gasteiger partial charge < -0.3 is 11.1 Å². The zero-order valence-corrected chi connectivity index (χ0v) is 15.7. The zero-order valence-electron chi connectivity index (χ0n) is 15.7. The third kappa shape index (κ3) is 4.65. The number of nitrogens with zero attached hydrogens (tertiary/aromatic N) is 4. The van der Waals surface area contributed by atoms with Gasteiger partial charge in [-0.1, -0.05) is 38.5 Å². The van der Waals surface area contributed by atoms with Crippen molar-refractivity contribution in [1.82, 2.24) is 19.4 Å². The molecule has 0 aromatic carbocycles. The molecule has 0 atom stereocenters. The molecule has 7 nitrogen and oxygen atoms in total. The number of nitrogens with two attached hydrogens (primary N) is 1. The van der Waals surface area contributed by atoms with Gasteiger partial charge in [0.25, 0.3) is 12.3 Å². The molecule has 1 aliphatic carbocycles. The lowest BCUT2D eigenvalue weighted by molar-refractivity contribution is 0.101. The summed E-state index contributed by atoms with van der Waals surface area (Å²) in [7, 11) is 1.50. The van der Waals surface area contributed by atoms with Crippen molar-refractivity contribution < 1.29 is 13.6 Å². The lowest BCUT2D eigenvalue weighted by atomic mass is 10.0. The number of hydrogen-bond acceptors (Lipinski definition) is 4. The SMILES string of the molecule is C1CCCCC1.Cn1cc(NC(=O)c2ccc3ccc(N)nn23)c(C(F)F)n1. The first-order valence-corrected chi connectivity index (χ1v) is 9.33. The van der Waals surface area contributed by atoms with Gasteiger partial charge in [-0.3, -0.25) is 9.48 Å². The smallest absolute Gasteiger partial charge is 0.284 e. The van der Waals surface area contributed by atoms with E-state index in [1.165, 1.54) is 67.0 Å². The summed E-state index contributed by atoms with van der Waals surface area (Å²) >= 11 is 0. The third-order valence-electron chi connectivity index (χ3n) is 4.57. The average molecular weight is 390 g/mol. The molecular formula is C19H24F2N6O. The number of rotatable bonds is 3. The monoisotopic (exact) mass is 390 g/mol. The second kappa shape index (κ2) is 8.81. The van der Waals surface area contributed by atoms with Crippen molar-refractivity contribution in [2.75, 3.05) is 11.1 Å². The van der Waals surface area contributed by atoms with Crippen molar-refractivity contribution >= 4 is 22.9 Å². The van der Waals surface area contributed by atoms with Crippen LogP contribution in [0.15, 0.2) is 30.5 Å². The van der Waals surface area contributed by atoms with Crippen molar-refractivity contribution in [2.45, 2.75) is 45.0 Å². The Morgan fingerprint density at radius 3 is 2.29 bits per heavy atom. The number of nitrogen functional groups attached to an aromatic ring is 1. The number of hydrogen-bond donors (Lipinski definition) is 2. The van der Waals surface area contributed by atoms with Crippen LogP contribution in [0, 0.1) is 0 Å². The summed E-state index contributed by atoms with van der Waals surface area (Å²) in [5, 5.41) is 10.1. The average Bonchev–Trinajstić information content (AvgIpc) is 3.26. The Morgan fingerprint density at radius 2 is 1.68 bits per heavy atom. The van der Waals surface area contributed by atoms with Crippen LogP contribution in [-0.4, -0.2) is 25.3 Å². The van der Waals surface area contributed by atoms with E-state index in [2.05, 4.69) is 15.5 Å². The number of nitrogens with one attached hydrogen (secondary N) is 1. The first-order valence-electron chi connectivity index (χ1n) is 9.33. The topological polar surface area (TPSA) is 90.2 Å². The van der Waals surface area contributed by atoms with Crippen LogP contribution in [0.3, 0.4) is 0 Å². The standard InChI is InChI=1S/C13H12F2N6O.C6H12/c1-20-6-8(11(19-20)12(14)15)17-13(22)9-4-2-7-3-5-10(16)18-21(7)9;1-2-4-6-5-3-1/h2-6,12H,1H3,(H2,16,18)(H,17,22);1-6H2. The van der Waals surface area contributed by atoms with E-state index >= 15 is 0 Å². The molecule has 3 N–H and O–H groups in total. The first-order chi connectivity index (χ1) is 13.5. The largest absolute Gasteiger partial charge is 0.382 e. The number of aryl methyl sites for hydroxylation is 1. The van der Waals surface area contributed by atoms with Gasteiger partial charge in [0.2, 0.25) is 0 Å². The summed E-state index contributed by atoms with van der Waals surface area (Å²) in [6, 6.07) is 6.52. The molecule has 4 rings (SSSR count). The highest BCUT2D eigenvalue weighted by Gasteiger charge is 2.21. The van der Waals surface area contributed by atoms with E-state index in [1.54, 1.807) is 18.2 Å². The zero-order chi connectivity index (χ0) is 20.1. The molecule has 1 aliphatic rings. The Hall–Kier alpha value is -2.97. The Bertz CT molecular complexity index is 934. The second-order valence-corrected chi connectivity index (χ2v) is 6.79. The van der Waals surface area contributed by atoms with E-state index in [0.717, 1.165) is 0 Å². The van der Waals surface area contributed by atoms with Gasteiger partial charge in [0, 0.05) is 13.2 Å². The molecule has 1 amide bonds. The maximum absolute atomic E-state index is 12.9. The summed E-state index contributed by atoms with van der Waals surface area (Å²) in [4.78, 5) is 12.3. The van der Waals surface area contributed by atoms with Gasteiger partial charge in [-0.15, -0.1) is 0 Å². The number of fused-ring (bicyclic) bond motifs is 1. The highest BCUT2D eigenvalue weighted by atomic mass is 19.3. The Balaban J connectivity index is 0.000000320. The summed E-state index contributed by atoms with van der Waals surface area (Å²) in [6.45, 7) is 0. The number of halogens is 2. The first kappa shape index (κ1) is 19.8. The molecule has 0 radical (unpaired) electrons. The van der Waals surface area contributed by atoms with Crippen LogP contribution in [-0.2, 0) is 7.05 Å². The minimum Gasteiger partial charge on any atom is -0.382 e.